The van der Waals surface area contributed by atoms with Gasteiger partial charge >= 0.3 is 0 Å². The molecule has 0 bridgehead atoms. The molecule has 2 nitrogen and oxygen atoms in total. The van der Waals surface area contributed by atoms with Crippen LogP contribution in [0.3, 0.4) is 0 Å². The second-order valence-electron chi connectivity index (χ2n) is 4.12. The minimum Gasteiger partial charge on any atom is -0.373 e. The summed E-state index contributed by atoms with van der Waals surface area (Å²) in [5, 5.41) is 0. The lowest BCUT2D eigenvalue weighted by Crippen LogP contribution is -2.08. The van der Waals surface area contributed by atoms with Gasteiger partial charge in [-0.2, -0.15) is 0 Å². The fourth-order valence-electron chi connectivity index (χ4n) is 1.29. The van der Waals surface area contributed by atoms with Crippen LogP contribution in [0, 0.1) is 5.92 Å². The zero-order valence-corrected chi connectivity index (χ0v) is 11.2. The fourth-order valence-corrected chi connectivity index (χ4v) is 2.26. The molecule has 0 aliphatic rings. The SMILES string of the molecule is CC(C)CCCOCC(=O)c1ccc(Cl)s1. The number of hydrogen-bond donors (Lipinski definition) is 0. The molecule has 0 unspecified atom stereocenters. The van der Waals surface area contributed by atoms with Gasteiger partial charge in [0, 0.05) is 6.61 Å². The third-order valence-corrected chi connectivity index (χ3v) is 3.42. The van der Waals surface area contributed by atoms with Gasteiger partial charge in [-0.3, -0.25) is 4.79 Å². The van der Waals surface area contributed by atoms with E-state index in [4.69, 9.17) is 16.3 Å². The molecule has 1 rings (SSSR count). The van der Waals surface area contributed by atoms with Crippen molar-refractivity contribution in [2.24, 2.45) is 5.92 Å². The number of halogens is 1. The van der Waals surface area contributed by atoms with E-state index in [0.717, 1.165) is 12.8 Å². The Bertz CT molecular complexity index is 334. The van der Waals surface area contributed by atoms with Crippen LogP contribution in [0.5, 0.6) is 0 Å². The predicted octanol–water partition coefficient (Wildman–Crippen LogP) is 4.04. The highest BCUT2D eigenvalue weighted by molar-refractivity contribution is 7.18. The number of Topliss-reactive ketones (excluding diaryl/α,β-unsaturated/α-hetero) is 1. The number of ether oxygens (including phenoxy) is 1. The van der Waals surface area contributed by atoms with Crippen molar-refractivity contribution in [2.45, 2.75) is 26.7 Å². The number of carbonyl (C=O) groups excluding carboxylic acids is 1. The summed E-state index contributed by atoms with van der Waals surface area (Å²) in [6.45, 7) is 5.18. The van der Waals surface area contributed by atoms with Gasteiger partial charge < -0.3 is 4.74 Å². The van der Waals surface area contributed by atoms with Gasteiger partial charge in [0.2, 0.25) is 0 Å². The molecule has 1 aromatic heterocycles. The van der Waals surface area contributed by atoms with E-state index in [0.29, 0.717) is 21.7 Å². The highest BCUT2D eigenvalue weighted by Gasteiger charge is 2.08. The summed E-state index contributed by atoms with van der Waals surface area (Å²) in [7, 11) is 0. The van der Waals surface area contributed by atoms with Crippen molar-refractivity contribution in [3.05, 3.63) is 21.3 Å². The average Bonchev–Trinajstić information content (AvgIpc) is 2.63. The fraction of sp³-hybridized carbons (Fsp3) is 0.583. The lowest BCUT2D eigenvalue weighted by Gasteiger charge is -2.04. The van der Waals surface area contributed by atoms with E-state index in [1.54, 1.807) is 12.1 Å². The van der Waals surface area contributed by atoms with Crippen LogP contribution >= 0.6 is 22.9 Å². The smallest absolute Gasteiger partial charge is 0.198 e. The number of carbonyl (C=O) groups is 1. The Labute approximate surface area is 106 Å². The lowest BCUT2D eigenvalue weighted by atomic mass is 10.1. The van der Waals surface area contributed by atoms with E-state index in [-0.39, 0.29) is 12.4 Å². The van der Waals surface area contributed by atoms with E-state index >= 15 is 0 Å². The predicted molar refractivity (Wildman–Crippen MR) is 68.6 cm³/mol. The van der Waals surface area contributed by atoms with Crippen molar-refractivity contribution in [2.75, 3.05) is 13.2 Å². The molecule has 0 amide bonds. The van der Waals surface area contributed by atoms with Gasteiger partial charge in [0.15, 0.2) is 5.78 Å². The molecule has 0 atom stereocenters. The van der Waals surface area contributed by atoms with Crippen molar-refractivity contribution in [1.82, 2.24) is 0 Å². The minimum atomic E-state index is 0.0152. The van der Waals surface area contributed by atoms with E-state index in [2.05, 4.69) is 13.8 Å². The molecule has 90 valence electrons. The van der Waals surface area contributed by atoms with Gasteiger partial charge in [0.05, 0.1) is 9.21 Å². The summed E-state index contributed by atoms with van der Waals surface area (Å²) in [5.41, 5.74) is 0. The van der Waals surface area contributed by atoms with Crippen LogP contribution in [-0.2, 0) is 4.74 Å². The molecule has 0 saturated heterocycles. The van der Waals surface area contributed by atoms with Crippen LogP contribution in [-0.4, -0.2) is 19.0 Å². The van der Waals surface area contributed by atoms with Crippen molar-refractivity contribution in [3.63, 3.8) is 0 Å². The molecule has 0 aromatic carbocycles. The lowest BCUT2D eigenvalue weighted by molar-refractivity contribution is 0.0753. The van der Waals surface area contributed by atoms with Crippen molar-refractivity contribution in [1.29, 1.82) is 0 Å². The number of hydrogen-bond acceptors (Lipinski definition) is 3. The zero-order chi connectivity index (χ0) is 12.0. The van der Waals surface area contributed by atoms with Crippen molar-refractivity contribution >= 4 is 28.7 Å². The minimum absolute atomic E-state index is 0.0152. The third-order valence-electron chi connectivity index (χ3n) is 2.15. The van der Waals surface area contributed by atoms with Crippen LogP contribution in [0.15, 0.2) is 12.1 Å². The molecule has 0 aliphatic heterocycles. The second-order valence-corrected chi connectivity index (χ2v) is 5.83. The molecule has 0 radical (unpaired) electrons. The topological polar surface area (TPSA) is 26.3 Å². The summed E-state index contributed by atoms with van der Waals surface area (Å²) in [5.74, 6) is 0.705. The molecule has 0 aliphatic carbocycles. The van der Waals surface area contributed by atoms with Gasteiger partial charge in [-0.05, 0) is 30.9 Å². The molecule has 16 heavy (non-hydrogen) atoms. The van der Waals surface area contributed by atoms with Gasteiger partial charge in [0.25, 0.3) is 0 Å². The Hall–Kier alpha value is -0.380. The average molecular weight is 261 g/mol. The maximum atomic E-state index is 11.6. The Morgan fingerprint density at radius 1 is 1.50 bits per heavy atom. The van der Waals surface area contributed by atoms with Crippen molar-refractivity contribution in [3.8, 4) is 0 Å². The molecule has 1 aromatic rings. The Morgan fingerprint density at radius 3 is 2.81 bits per heavy atom. The molecule has 0 saturated carbocycles. The summed E-state index contributed by atoms with van der Waals surface area (Å²) in [4.78, 5) is 12.3. The maximum absolute atomic E-state index is 11.6. The summed E-state index contributed by atoms with van der Waals surface area (Å²) >= 11 is 7.05. The number of ketones is 1. The van der Waals surface area contributed by atoms with Crippen LogP contribution in [0.1, 0.15) is 36.4 Å². The standard InChI is InChI=1S/C12H17ClO2S/c1-9(2)4-3-7-15-8-10(14)11-5-6-12(13)16-11/h5-6,9H,3-4,7-8H2,1-2H3. The van der Waals surface area contributed by atoms with Crippen LogP contribution in [0.25, 0.3) is 0 Å². The normalized spacial score (nSPS) is 11.0. The van der Waals surface area contributed by atoms with E-state index in [1.165, 1.54) is 11.3 Å². The Balaban J connectivity index is 2.16. The monoisotopic (exact) mass is 260 g/mol. The molecule has 4 heteroatoms. The maximum Gasteiger partial charge on any atom is 0.198 e. The second kappa shape index (κ2) is 7.05. The van der Waals surface area contributed by atoms with E-state index in [1.807, 2.05) is 0 Å². The van der Waals surface area contributed by atoms with E-state index in [9.17, 15) is 4.79 Å². The van der Waals surface area contributed by atoms with Crippen molar-refractivity contribution < 1.29 is 9.53 Å². The first-order chi connectivity index (χ1) is 7.59. The van der Waals surface area contributed by atoms with Gasteiger partial charge in [-0.15, -0.1) is 11.3 Å². The molecule has 0 spiro atoms. The van der Waals surface area contributed by atoms with Gasteiger partial charge in [-0.25, -0.2) is 0 Å². The highest BCUT2D eigenvalue weighted by atomic mass is 35.5. The largest absolute Gasteiger partial charge is 0.373 e. The Kier molecular flexibility index (Phi) is 6.03. The first-order valence-corrected chi connectivity index (χ1v) is 6.65. The van der Waals surface area contributed by atoms with Crippen LogP contribution in [0.2, 0.25) is 4.34 Å². The quantitative estimate of drug-likeness (QED) is 0.546. The third kappa shape index (κ3) is 5.10. The number of rotatable bonds is 7. The summed E-state index contributed by atoms with van der Waals surface area (Å²) < 4.78 is 5.97. The molecular formula is C12H17ClO2S. The molecular weight excluding hydrogens is 244 g/mol. The van der Waals surface area contributed by atoms with Gasteiger partial charge in [0.1, 0.15) is 6.61 Å². The van der Waals surface area contributed by atoms with Crippen LogP contribution in [0.4, 0.5) is 0 Å². The molecule has 0 fully saturated rings. The summed E-state index contributed by atoms with van der Waals surface area (Å²) in [6, 6.07) is 3.48. The molecule has 0 N–H and O–H groups in total. The Morgan fingerprint density at radius 2 is 2.25 bits per heavy atom. The summed E-state index contributed by atoms with van der Waals surface area (Å²) in [6.07, 6.45) is 2.15. The van der Waals surface area contributed by atoms with Crippen LogP contribution < -0.4 is 0 Å². The van der Waals surface area contributed by atoms with Gasteiger partial charge in [-0.1, -0.05) is 25.4 Å². The highest BCUT2D eigenvalue weighted by Crippen LogP contribution is 2.21. The molecule has 1 heterocycles. The first kappa shape index (κ1) is 13.7. The first-order valence-electron chi connectivity index (χ1n) is 5.46. The van der Waals surface area contributed by atoms with E-state index < -0.39 is 0 Å². The number of thiophene rings is 1. The zero-order valence-electron chi connectivity index (χ0n) is 9.66.